The molecule has 0 spiro atoms. The lowest BCUT2D eigenvalue weighted by Gasteiger charge is -2.08. The first-order valence-corrected chi connectivity index (χ1v) is 6.42. The van der Waals surface area contributed by atoms with Crippen LogP contribution in [0.4, 0.5) is 0 Å². The van der Waals surface area contributed by atoms with E-state index in [1.54, 1.807) is 0 Å². The second-order valence-electron chi connectivity index (χ2n) is 3.97. The van der Waals surface area contributed by atoms with Crippen LogP contribution in [0.25, 0.3) is 0 Å². The minimum atomic E-state index is 0.000373. The van der Waals surface area contributed by atoms with E-state index in [2.05, 4.69) is 53.3 Å². The number of H-pyrrole nitrogens is 1. The van der Waals surface area contributed by atoms with Crippen LogP contribution in [-0.4, -0.2) is 9.97 Å². The van der Waals surface area contributed by atoms with Gasteiger partial charge in [0.2, 0.25) is 0 Å². The Labute approximate surface area is 104 Å². The van der Waals surface area contributed by atoms with Gasteiger partial charge in [-0.15, -0.1) is 0 Å². The molecule has 0 amide bonds. The number of halogens is 1. The molecule has 4 heteroatoms. The molecule has 1 heterocycles. The monoisotopic (exact) mass is 320 g/mol. The van der Waals surface area contributed by atoms with Crippen LogP contribution in [0.2, 0.25) is 0 Å². The average Bonchev–Trinajstić information content (AvgIpc) is 2.19. The SMILES string of the molecule is CCCCc1nc(C(C)C)c(I)c(=O)[nH]1. The number of hydrogen-bond acceptors (Lipinski definition) is 2. The Hall–Kier alpha value is -0.390. The zero-order valence-electron chi connectivity index (χ0n) is 9.43. The topological polar surface area (TPSA) is 45.8 Å². The summed E-state index contributed by atoms with van der Waals surface area (Å²) >= 11 is 2.07. The van der Waals surface area contributed by atoms with E-state index in [0.717, 1.165) is 34.4 Å². The third-order valence-corrected chi connectivity index (χ3v) is 3.29. The Morgan fingerprint density at radius 2 is 2.13 bits per heavy atom. The molecule has 0 aromatic carbocycles. The molecule has 15 heavy (non-hydrogen) atoms. The fourth-order valence-electron chi connectivity index (χ4n) is 1.37. The highest BCUT2D eigenvalue weighted by molar-refractivity contribution is 14.1. The second-order valence-corrected chi connectivity index (χ2v) is 5.05. The first-order chi connectivity index (χ1) is 7.06. The van der Waals surface area contributed by atoms with Crippen LogP contribution in [0.5, 0.6) is 0 Å². The maximum atomic E-state index is 11.6. The van der Waals surface area contributed by atoms with Crippen molar-refractivity contribution < 1.29 is 0 Å². The van der Waals surface area contributed by atoms with Gasteiger partial charge in [-0.3, -0.25) is 4.79 Å². The predicted molar refractivity (Wildman–Crippen MR) is 70.3 cm³/mol. The molecule has 0 aliphatic heterocycles. The summed E-state index contributed by atoms with van der Waals surface area (Å²) in [6.07, 6.45) is 3.05. The molecule has 0 saturated heterocycles. The van der Waals surface area contributed by atoms with E-state index in [-0.39, 0.29) is 5.56 Å². The lowest BCUT2D eigenvalue weighted by molar-refractivity contribution is 0.715. The Morgan fingerprint density at radius 1 is 1.47 bits per heavy atom. The number of hydrogen-bond donors (Lipinski definition) is 1. The second kappa shape index (κ2) is 5.63. The molecule has 0 aliphatic rings. The molecule has 0 bridgehead atoms. The number of unbranched alkanes of at least 4 members (excludes halogenated alkanes) is 1. The molecule has 1 rings (SSSR count). The molecular weight excluding hydrogens is 303 g/mol. The third kappa shape index (κ3) is 3.29. The van der Waals surface area contributed by atoms with Gasteiger partial charge in [-0.05, 0) is 34.9 Å². The van der Waals surface area contributed by atoms with Crippen LogP contribution in [0.1, 0.15) is 51.0 Å². The van der Waals surface area contributed by atoms with Crippen LogP contribution >= 0.6 is 22.6 Å². The molecule has 0 fully saturated rings. The van der Waals surface area contributed by atoms with Crippen molar-refractivity contribution in [2.75, 3.05) is 0 Å². The number of nitrogens with one attached hydrogen (secondary N) is 1. The van der Waals surface area contributed by atoms with Gasteiger partial charge in [0, 0.05) is 6.42 Å². The number of aromatic nitrogens is 2. The molecule has 0 radical (unpaired) electrons. The summed E-state index contributed by atoms with van der Waals surface area (Å²) in [6.45, 7) is 6.26. The lowest BCUT2D eigenvalue weighted by Crippen LogP contribution is -2.18. The van der Waals surface area contributed by atoms with Crippen LogP contribution in [0.3, 0.4) is 0 Å². The average molecular weight is 320 g/mol. The van der Waals surface area contributed by atoms with E-state index in [9.17, 15) is 4.79 Å². The number of aromatic amines is 1. The molecule has 0 saturated carbocycles. The maximum Gasteiger partial charge on any atom is 0.264 e. The van der Waals surface area contributed by atoms with Crippen molar-refractivity contribution >= 4 is 22.6 Å². The summed E-state index contributed by atoms with van der Waals surface area (Å²) in [6, 6.07) is 0. The molecule has 84 valence electrons. The minimum absolute atomic E-state index is 0.000373. The molecule has 1 aromatic heterocycles. The summed E-state index contributed by atoms with van der Waals surface area (Å²) < 4.78 is 0.725. The quantitative estimate of drug-likeness (QED) is 0.867. The number of nitrogens with zero attached hydrogens (tertiary/aromatic N) is 1. The van der Waals surface area contributed by atoms with Crippen molar-refractivity contribution in [2.24, 2.45) is 0 Å². The van der Waals surface area contributed by atoms with Crippen LogP contribution in [0, 0.1) is 3.57 Å². The van der Waals surface area contributed by atoms with Crippen LogP contribution in [0.15, 0.2) is 4.79 Å². The summed E-state index contributed by atoms with van der Waals surface area (Å²) in [4.78, 5) is 19.0. The summed E-state index contributed by atoms with van der Waals surface area (Å²) in [5.41, 5.74) is 0.922. The molecule has 1 aromatic rings. The van der Waals surface area contributed by atoms with Gasteiger partial charge in [0.1, 0.15) is 5.82 Å². The fraction of sp³-hybridized carbons (Fsp3) is 0.636. The maximum absolute atomic E-state index is 11.6. The van der Waals surface area contributed by atoms with Crippen molar-refractivity contribution in [3.05, 3.63) is 25.4 Å². The van der Waals surface area contributed by atoms with E-state index in [1.807, 2.05) is 0 Å². The predicted octanol–water partition coefficient (Wildman–Crippen LogP) is 2.84. The highest BCUT2D eigenvalue weighted by atomic mass is 127. The molecule has 3 nitrogen and oxygen atoms in total. The first-order valence-electron chi connectivity index (χ1n) is 5.34. The van der Waals surface area contributed by atoms with E-state index >= 15 is 0 Å². The van der Waals surface area contributed by atoms with Gasteiger partial charge in [0.15, 0.2) is 0 Å². The zero-order chi connectivity index (χ0) is 11.4. The third-order valence-electron chi connectivity index (χ3n) is 2.25. The van der Waals surface area contributed by atoms with E-state index < -0.39 is 0 Å². The highest BCUT2D eigenvalue weighted by Gasteiger charge is 2.11. The molecular formula is C11H17IN2O. The summed E-state index contributed by atoms with van der Waals surface area (Å²) in [5.74, 6) is 1.13. The normalized spacial score (nSPS) is 11.0. The molecule has 1 N–H and O–H groups in total. The van der Waals surface area contributed by atoms with Gasteiger partial charge >= 0.3 is 0 Å². The largest absolute Gasteiger partial charge is 0.310 e. The van der Waals surface area contributed by atoms with Crippen molar-refractivity contribution in [3.63, 3.8) is 0 Å². The fourth-order valence-corrected chi connectivity index (χ4v) is 2.25. The highest BCUT2D eigenvalue weighted by Crippen LogP contribution is 2.15. The van der Waals surface area contributed by atoms with Gasteiger partial charge in [-0.2, -0.15) is 0 Å². The lowest BCUT2D eigenvalue weighted by atomic mass is 10.1. The zero-order valence-corrected chi connectivity index (χ0v) is 11.6. The molecule has 0 aliphatic carbocycles. The minimum Gasteiger partial charge on any atom is -0.310 e. The van der Waals surface area contributed by atoms with Crippen molar-refractivity contribution in [2.45, 2.75) is 46.0 Å². The van der Waals surface area contributed by atoms with E-state index in [0.29, 0.717) is 5.92 Å². The number of aryl methyl sites for hydroxylation is 1. The van der Waals surface area contributed by atoms with Gasteiger partial charge in [-0.25, -0.2) is 4.98 Å². The summed E-state index contributed by atoms with van der Waals surface area (Å²) in [7, 11) is 0. The first kappa shape index (κ1) is 12.7. The summed E-state index contributed by atoms with van der Waals surface area (Å²) in [5, 5.41) is 0. The van der Waals surface area contributed by atoms with E-state index in [4.69, 9.17) is 0 Å². The molecule has 0 atom stereocenters. The Kier molecular flexibility index (Phi) is 4.76. The van der Waals surface area contributed by atoms with Gasteiger partial charge in [-0.1, -0.05) is 27.2 Å². The standard InChI is InChI=1S/C11H17IN2O/c1-4-5-6-8-13-10(7(2)3)9(12)11(15)14-8/h7H,4-6H2,1-3H3,(H,13,14,15). The number of rotatable bonds is 4. The smallest absolute Gasteiger partial charge is 0.264 e. The van der Waals surface area contributed by atoms with Crippen molar-refractivity contribution in [1.29, 1.82) is 0 Å². The van der Waals surface area contributed by atoms with Gasteiger partial charge < -0.3 is 4.98 Å². The Morgan fingerprint density at radius 3 is 2.67 bits per heavy atom. The van der Waals surface area contributed by atoms with Gasteiger partial charge in [0.25, 0.3) is 5.56 Å². The van der Waals surface area contributed by atoms with Crippen LogP contribution < -0.4 is 5.56 Å². The Bertz CT molecular complexity index is 385. The van der Waals surface area contributed by atoms with Crippen molar-refractivity contribution in [1.82, 2.24) is 9.97 Å². The van der Waals surface area contributed by atoms with Crippen LogP contribution in [-0.2, 0) is 6.42 Å². The van der Waals surface area contributed by atoms with Gasteiger partial charge in [0.05, 0.1) is 9.26 Å². The molecule has 0 unspecified atom stereocenters. The Balaban J connectivity index is 3.06. The van der Waals surface area contributed by atoms with Crippen molar-refractivity contribution in [3.8, 4) is 0 Å². The van der Waals surface area contributed by atoms with E-state index in [1.165, 1.54) is 0 Å².